The summed E-state index contributed by atoms with van der Waals surface area (Å²) in [7, 11) is 0. The van der Waals surface area contributed by atoms with Crippen LogP contribution in [0.3, 0.4) is 0 Å². The number of hydrogen-bond acceptors (Lipinski definition) is 2. The number of nitrogens with two attached hydrogens (primary N) is 1. The van der Waals surface area contributed by atoms with E-state index in [9.17, 15) is 0 Å². The molecule has 96 valence electrons. The Labute approximate surface area is 109 Å². The van der Waals surface area contributed by atoms with Crippen molar-refractivity contribution in [2.75, 3.05) is 0 Å². The van der Waals surface area contributed by atoms with Crippen molar-refractivity contribution in [3.8, 4) is 0 Å². The minimum absolute atomic E-state index is 0.0440. The standard InChI is InChI=1S/C15H25NS/c1-4-13-5-6-14(17-13)10-15(16)8-7-11(2)9-12(15)3/h5-6,11-12H,4,7-10,16H2,1-3H3. The van der Waals surface area contributed by atoms with Gasteiger partial charge in [0, 0.05) is 21.7 Å². The van der Waals surface area contributed by atoms with E-state index in [1.807, 2.05) is 11.3 Å². The van der Waals surface area contributed by atoms with Gasteiger partial charge in [0.2, 0.25) is 0 Å². The zero-order valence-corrected chi connectivity index (χ0v) is 12.1. The van der Waals surface area contributed by atoms with E-state index in [0.29, 0.717) is 5.92 Å². The Hall–Kier alpha value is -0.340. The van der Waals surface area contributed by atoms with E-state index in [0.717, 1.165) is 18.8 Å². The van der Waals surface area contributed by atoms with Crippen molar-refractivity contribution < 1.29 is 0 Å². The first-order chi connectivity index (χ1) is 8.03. The normalized spacial score (nSPS) is 33.9. The maximum atomic E-state index is 6.65. The van der Waals surface area contributed by atoms with E-state index in [1.54, 1.807) is 0 Å². The van der Waals surface area contributed by atoms with Crippen LogP contribution in [-0.2, 0) is 12.8 Å². The molecule has 2 N–H and O–H groups in total. The predicted molar refractivity (Wildman–Crippen MR) is 76.5 cm³/mol. The third kappa shape index (κ3) is 2.92. The highest BCUT2D eigenvalue weighted by Crippen LogP contribution is 2.38. The van der Waals surface area contributed by atoms with Gasteiger partial charge in [0.05, 0.1) is 0 Å². The molecule has 17 heavy (non-hydrogen) atoms. The molecule has 2 rings (SSSR count). The van der Waals surface area contributed by atoms with Gasteiger partial charge in [-0.15, -0.1) is 11.3 Å². The third-order valence-corrected chi connectivity index (χ3v) is 5.64. The zero-order valence-electron chi connectivity index (χ0n) is 11.3. The molecule has 0 saturated heterocycles. The van der Waals surface area contributed by atoms with Crippen LogP contribution in [0.2, 0.25) is 0 Å². The summed E-state index contributed by atoms with van der Waals surface area (Å²) in [5.74, 6) is 1.51. The smallest absolute Gasteiger partial charge is 0.0229 e. The van der Waals surface area contributed by atoms with Crippen molar-refractivity contribution in [1.82, 2.24) is 0 Å². The predicted octanol–water partition coefficient (Wildman–Crippen LogP) is 4.01. The lowest BCUT2D eigenvalue weighted by Crippen LogP contribution is -2.51. The Balaban J connectivity index is 2.06. The topological polar surface area (TPSA) is 26.0 Å². The quantitative estimate of drug-likeness (QED) is 0.863. The molecular formula is C15H25NS. The molecule has 3 atom stereocenters. The van der Waals surface area contributed by atoms with Gasteiger partial charge < -0.3 is 5.73 Å². The fourth-order valence-electron chi connectivity index (χ4n) is 3.01. The summed E-state index contributed by atoms with van der Waals surface area (Å²) in [5, 5.41) is 0. The summed E-state index contributed by atoms with van der Waals surface area (Å²) < 4.78 is 0. The molecular weight excluding hydrogens is 226 g/mol. The second-order valence-electron chi connectivity index (χ2n) is 5.91. The van der Waals surface area contributed by atoms with Crippen LogP contribution in [0.4, 0.5) is 0 Å². The van der Waals surface area contributed by atoms with E-state index < -0.39 is 0 Å². The van der Waals surface area contributed by atoms with Gasteiger partial charge >= 0.3 is 0 Å². The Bertz CT molecular complexity index is 371. The minimum atomic E-state index is 0.0440. The Morgan fingerprint density at radius 2 is 2.06 bits per heavy atom. The molecule has 3 unspecified atom stereocenters. The summed E-state index contributed by atoms with van der Waals surface area (Å²) in [4.78, 5) is 2.96. The van der Waals surface area contributed by atoms with Gasteiger partial charge in [0.25, 0.3) is 0 Å². The Morgan fingerprint density at radius 1 is 1.35 bits per heavy atom. The van der Waals surface area contributed by atoms with Crippen molar-refractivity contribution in [2.45, 2.75) is 58.4 Å². The maximum Gasteiger partial charge on any atom is 0.0229 e. The summed E-state index contributed by atoms with van der Waals surface area (Å²) in [6.45, 7) is 6.92. The first-order valence-corrected chi connectivity index (χ1v) is 7.71. The largest absolute Gasteiger partial charge is 0.325 e. The number of thiophene rings is 1. The first kappa shape index (κ1) is 13.1. The molecule has 1 aliphatic carbocycles. The van der Waals surface area contributed by atoms with Crippen LogP contribution in [0, 0.1) is 11.8 Å². The molecule has 0 radical (unpaired) electrons. The lowest BCUT2D eigenvalue weighted by Gasteiger charge is -2.42. The average molecular weight is 251 g/mol. The molecule has 2 heteroatoms. The van der Waals surface area contributed by atoms with Gasteiger partial charge in [-0.2, -0.15) is 0 Å². The van der Waals surface area contributed by atoms with E-state index in [2.05, 4.69) is 32.9 Å². The summed E-state index contributed by atoms with van der Waals surface area (Å²) in [6, 6.07) is 4.54. The van der Waals surface area contributed by atoms with Gasteiger partial charge in [-0.05, 0) is 49.7 Å². The van der Waals surface area contributed by atoms with Crippen molar-refractivity contribution in [1.29, 1.82) is 0 Å². The van der Waals surface area contributed by atoms with E-state index in [4.69, 9.17) is 5.73 Å². The molecule has 1 aliphatic rings. The second kappa shape index (κ2) is 5.11. The van der Waals surface area contributed by atoms with E-state index >= 15 is 0 Å². The highest BCUT2D eigenvalue weighted by atomic mass is 32.1. The molecule has 1 aromatic heterocycles. The van der Waals surface area contributed by atoms with Gasteiger partial charge in [-0.3, -0.25) is 0 Å². The lowest BCUT2D eigenvalue weighted by molar-refractivity contribution is 0.164. The fraction of sp³-hybridized carbons (Fsp3) is 0.733. The van der Waals surface area contributed by atoms with E-state index in [-0.39, 0.29) is 5.54 Å². The Morgan fingerprint density at radius 3 is 2.65 bits per heavy atom. The summed E-state index contributed by atoms with van der Waals surface area (Å²) >= 11 is 1.95. The van der Waals surface area contributed by atoms with Crippen LogP contribution in [0.1, 0.15) is 49.8 Å². The molecule has 1 aromatic rings. The maximum absolute atomic E-state index is 6.65. The van der Waals surface area contributed by atoms with Crippen molar-refractivity contribution >= 4 is 11.3 Å². The SMILES string of the molecule is CCc1ccc(CC2(N)CCC(C)CC2C)s1. The number of hydrogen-bond donors (Lipinski definition) is 1. The molecule has 1 nitrogen and oxygen atoms in total. The van der Waals surface area contributed by atoms with Crippen molar-refractivity contribution in [3.05, 3.63) is 21.9 Å². The minimum Gasteiger partial charge on any atom is -0.325 e. The average Bonchev–Trinajstić information content (AvgIpc) is 2.72. The molecule has 0 aliphatic heterocycles. The summed E-state index contributed by atoms with van der Waals surface area (Å²) in [6.07, 6.45) is 6.00. The van der Waals surface area contributed by atoms with Gasteiger partial charge in [0.1, 0.15) is 0 Å². The van der Waals surface area contributed by atoms with Crippen LogP contribution in [-0.4, -0.2) is 5.54 Å². The van der Waals surface area contributed by atoms with Crippen LogP contribution in [0.15, 0.2) is 12.1 Å². The van der Waals surface area contributed by atoms with Gasteiger partial charge in [0.15, 0.2) is 0 Å². The molecule has 1 fully saturated rings. The Kier molecular flexibility index (Phi) is 3.94. The molecule has 0 aromatic carbocycles. The van der Waals surface area contributed by atoms with Crippen LogP contribution < -0.4 is 5.73 Å². The third-order valence-electron chi connectivity index (χ3n) is 4.41. The molecule has 1 heterocycles. The lowest BCUT2D eigenvalue weighted by atomic mass is 9.69. The van der Waals surface area contributed by atoms with Crippen LogP contribution >= 0.6 is 11.3 Å². The first-order valence-electron chi connectivity index (χ1n) is 6.90. The van der Waals surface area contributed by atoms with Crippen molar-refractivity contribution in [3.63, 3.8) is 0 Å². The molecule has 0 bridgehead atoms. The molecule has 0 amide bonds. The summed E-state index contributed by atoms with van der Waals surface area (Å²) in [5.41, 5.74) is 6.70. The highest BCUT2D eigenvalue weighted by molar-refractivity contribution is 7.12. The number of aryl methyl sites for hydroxylation is 1. The zero-order chi connectivity index (χ0) is 12.5. The fourth-order valence-corrected chi connectivity index (χ4v) is 4.11. The monoisotopic (exact) mass is 251 g/mol. The molecule has 0 spiro atoms. The second-order valence-corrected chi connectivity index (χ2v) is 7.16. The van der Waals surface area contributed by atoms with Crippen LogP contribution in [0.25, 0.3) is 0 Å². The van der Waals surface area contributed by atoms with Gasteiger partial charge in [-0.25, -0.2) is 0 Å². The van der Waals surface area contributed by atoms with Crippen LogP contribution in [0.5, 0.6) is 0 Å². The highest BCUT2D eigenvalue weighted by Gasteiger charge is 2.36. The molecule has 1 saturated carbocycles. The van der Waals surface area contributed by atoms with Crippen molar-refractivity contribution in [2.24, 2.45) is 17.6 Å². The van der Waals surface area contributed by atoms with Gasteiger partial charge in [-0.1, -0.05) is 20.8 Å². The van der Waals surface area contributed by atoms with E-state index in [1.165, 1.54) is 29.0 Å². The number of rotatable bonds is 3.